The summed E-state index contributed by atoms with van der Waals surface area (Å²) in [5.41, 5.74) is 6.86. The zero-order valence-electron chi connectivity index (χ0n) is 19.2. The number of allylic oxidation sites excluding steroid dienone is 1. The van der Waals surface area contributed by atoms with E-state index in [1.807, 2.05) is 19.1 Å². The third-order valence-corrected chi connectivity index (χ3v) is 7.93. The molecule has 1 fully saturated rings. The molecule has 5 rings (SSSR count). The molecule has 0 amide bonds. The van der Waals surface area contributed by atoms with E-state index in [0.717, 1.165) is 32.8 Å². The topological polar surface area (TPSA) is 24.9 Å². The van der Waals surface area contributed by atoms with Crippen LogP contribution in [0.25, 0.3) is 26.9 Å². The van der Waals surface area contributed by atoms with Gasteiger partial charge in [-0.05, 0) is 83.7 Å². The van der Waals surface area contributed by atoms with Gasteiger partial charge in [0.05, 0.1) is 15.9 Å². The number of hydrogen-bond donors (Lipinski definition) is 1. The van der Waals surface area contributed by atoms with E-state index in [1.165, 1.54) is 48.2 Å². The molecule has 2 nitrogen and oxygen atoms in total. The fraction of sp³-hybridized carbons (Fsp3) is 0.276. The molecule has 0 aliphatic heterocycles. The Kier molecular flexibility index (Phi) is 6.03. The van der Waals surface area contributed by atoms with Gasteiger partial charge < -0.3 is 5.32 Å². The SMILES string of the molecule is C=C(c1ccc(-c2ccc(Nc3nc4cc(C)ccc4s3)c(F)c2)cc1)C1CCCC1CC. The van der Waals surface area contributed by atoms with Crippen LogP contribution in [-0.2, 0) is 0 Å². The lowest BCUT2D eigenvalue weighted by molar-refractivity contribution is 0.456. The lowest BCUT2D eigenvalue weighted by Gasteiger charge is -2.21. The second-order valence-corrected chi connectivity index (χ2v) is 10.1. The molecule has 1 aromatic heterocycles. The number of aromatic nitrogens is 1. The Bertz CT molecular complexity index is 1310. The van der Waals surface area contributed by atoms with Crippen LogP contribution in [0.3, 0.4) is 0 Å². The fourth-order valence-electron chi connectivity index (χ4n) is 5.08. The molecule has 4 heteroatoms. The van der Waals surface area contributed by atoms with E-state index in [0.29, 0.717) is 16.7 Å². The lowest BCUT2D eigenvalue weighted by Crippen LogP contribution is -2.08. The van der Waals surface area contributed by atoms with Gasteiger partial charge in [-0.25, -0.2) is 9.37 Å². The minimum Gasteiger partial charge on any atom is -0.329 e. The zero-order chi connectivity index (χ0) is 22.9. The van der Waals surface area contributed by atoms with Crippen molar-refractivity contribution in [3.05, 3.63) is 84.2 Å². The van der Waals surface area contributed by atoms with E-state index < -0.39 is 0 Å². The van der Waals surface area contributed by atoms with Crippen LogP contribution < -0.4 is 5.32 Å². The maximum absolute atomic E-state index is 14.9. The second kappa shape index (κ2) is 9.11. The maximum Gasteiger partial charge on any atom is 0.188 e. The first-order valence-electron chi connectivity index (χ1n) is 11.7. The molecule has 3 aromatic carbocycles. The smallest absolute Gasteiger partial charge is 0.188 e. The third-order valence-electron chi connectivity index (χ3n) is 6.97. The molecule has 4 aromatic rings. The van der Waals surface area contributed by atoms with Crippen molar-refractivity contribution in [1.29, 1.82) is 0 Å². The van der Waals surface area contributed by atoms with Gasteiger partial charge in [0, 0.05) is 0 Å². The summed E-state index contributed by atoms with van der Waals surface area (Å²) < 4.78 is 16.0. The number of anilines is 2. The summed E-state index contributed by atoms with van der Waals surface area (Å²) in [6, 6.07) is 19.9. The van der Waals surface area contributed by atoms with E-state index in [2.05, 4.69) is 60.2 Å². The minimum atomic E-state index is -0.284. The Labute approximate surface area is 199 Å². The van der Waals surface area contributed by atoms with Crippen LogP contribution in [0, 0.1) is 24.6 Å². The van der Waals surface area contributed by atoms with E-state index in [9.17, 15) is 4.39 Å². The summed E-state index contributed by atoms with van der Waals surface area (Å²) in [6.45, 7) is 8.75. The van der Waals surface area contributed by atoms with Crippen molar-refractivity contribution in [2.24, 2.45) is 11.8 Å². The molecule has 0 radical (unpaired) electrons. The Morgan fingerprint density at radius 3 is 2.61 bits per heavy atom. The number of rotatable bonds is 6. The zero-order valence-corrected chi connectivity index (χ0v) is 20.0. The molecule has 33 heavy (non-hydrogen) atoms. The van der Waals surface area contributed by atoms with Gasteiger partial charge in [-0.15, -0.1) is 0 Å². The number of benzene rings is 3. The first kappa shape index (κ1) is 21.8. The average molecular weight is 457 g/mol. The van der Waals surface area contributed by atoms with Crippen LogP contribution in [0.1, 0.15) is 43.7 Å². The highest BCUT2D eigenvalue weighted by Crippen LogP contribution is 2.42. The van der Waals surface area contributed by atoms with Crippen LogP contribution in [0.4, 0.5) is 15.2 Å². The maximum atomic E-state index is 14.9. The molecule has 0 spiro atoms. The van der Waals surface area contributed by atoms with E-state index in [1.54, 1.807) is 12.1 Å². The van der Waals surface area contributed by atoms with E-state index in [4.69, 9.17) is 0 Å². The normalized spacial score (nSPS) is 18.0. The summed E-state index contributed by atoms with van der Waals surface area (Å²) in [5.74, 6) is 1.06. The molecular weight excluding hydrogens is 427 g/mol. The summed E-state index contributed by atoms with van der Waals surface area (Å²) in [7, 11) is 0. The number of aryl methyl sites for hydroxylation is 1. The van der Waals surface area contributed by atoms with E-state index >= 15 is 0 Å². The lowest BCUT2D eigenvalue weighted by atomic mass is 9.84. The van der Waals surface area contributed by atoms with Crippen LogP contribution in [0.2, 0.25) is 0 Å². The Morgan fingerprint density at radius 2 is 1.85 bits per heavy atom. The summed E-state index contributed by atoms with van der Waals surface area (Å²) in [4.78, 5) is 4.59. The molecule has 1 saturated carbocycles. The van der Waals surface area contributed by atoms with Gasteiger partial charge in [0.2, 0.25) is 0 Å². The number of fused-ring (bicyclic) bond motifs is 1. The third kappa shape index (κ3) is 4.45. The Hall–Kier alpha value is -2.98. The predicted octanol–water partition coefficient (Wildman–Crippen LogP) is 8.99. The molecule has 1 heterocycles. The standard InChI is InChI=1S/C29H29FN2S/c1-4-20-6-5-7-24(20)19(3)21-9-11-22(12-10-21)23-13-14-26(25(30)17-23)31-29-32-27-16-18(2)8-15-28(27)33-29/h8-17,20,24H,3-7H2,1-2H3,(H,31,32). The molecule has 2 unspecified atom stereocenters. The van der Waals surface area contributed by atoms with Crippen molar-refractivity contribution < 1.29 is 4.39 Å². The van der Waals surface area contributed by atoms with Gasteiger partial charge in [-0.3, -0.25) is 0 Å². The average Bonchev–Trinajstić information content (AvgIpc) is 3.46. The van der Waals surface area contributed by atoms with Crippen molar-refractivity contribution in [1.82, 2.24) is 4.98 Å². The van der Waals surface area contributed by atoms with Crippen molar-refractivity contribution in [3.8, 4) is 11.1 Å². The molecular formula is C29H29FN2S. The fourth-order valence-corrected chi connectivity index (χ4v) is 5.94. The van der Waals surface area contributed by atoms with Gasteiger partial charge >= 0.3 is 0 Å². The molecule has 0 bridgehead atoms. The number of thiazole rings is 1. The van der Waals surface area contributed by atoms with E-state index in [-0.39, 0.29) is 5.82 Å². The first-order chi connectivity index (χ1) is 16.0. The van der Waals surface area contributed by atoms with Crippen molar-refractivity contribution in [2.45, 2.75) is 39.5 Å². The first-order valence-corrected chi connectivity index (χ1v) is 12.6. The molecule has 0 saturated heterocycles. The van der Waals surface area contributed by atoms with Gasteiger partial charge in [0.1, 0.15) is 5.82 Å². The Balaban J connectivity index is 1.32. The van der Waals surface area contributed by atoms with Gasteiger partial charge in [0.25, 0.3) is 0 Å². The van der Waals surface area contributed by atoms with Crippen LogP contribution in [-0.4, -0.2) is 4.98 Å². The van der Waals surface area contributed by atoms with Crippen molar-refractivity contribution in [3.63, 3.8) is 0 Å². The molecule has 2 atom stereocenters. The molecule has 168 valence electrons. The minimum absolute atomic E-state index is 0.284. The molecule has 1 aliphatic carbocycles. The van der Waals surface area contributed by atoms with Gasteiger partial charge in [-0.2, -0.15) is 0 Å². The monoisotopic (exact) mass is 456 g/mol. The highest BCUT2D eigenvalue weighted by molar-refractivity contribution is 7.22. The highest BCUT2D eigenvalue weighted by atomic mass is 32.1. The largest absolute Gasteiger partial charge is 0.329 e. The second-order valence-electron chi connectivity index (χ2n) is 9.12. The molecule has 1 N–H and O–H groups in total. The number of nitrogens with zero attached hydrogens (tertiary/aromatic N) is 1. The summed E-state index contributed by atoms with van der Waals surface area (Å²) in [6.07, 6.45) is 5.08. The number of hydrogen-bond acceptors (Lipinski definition) is 3. The quantitative estimate of drug-likeness (QED) is 0.313. The number of nitrogens with one attached hydrogen (secondary N) is 1. The van der Waals surface area contributed by atoms with Gasteiger partial charge in [-0.1, -0.05) is 74.1 Å². The highest BCUT2D eigenvalue weighted by Gasteiger charge is 2.28. The van der Waals surface area contributed by atoms with Gasteiger partial charge in [0.15, 0.2) is 5.13 Å². The van der Waals surface area contributed by atoms with Crippen LogP contribution >= 0.6 is 11.3 Å². The predicted molar refractivity (Wildman–Crippen MR) is 140 cm³/mol. The van der Waals surface area contributed by atoms with Crippen molar-refractivity contribution >= 4 is 37.9 Å². The van der Waals surface area contributed by atoms with Crippen molar-refractivity contribution in [2.75, 3.05) is 5.32 Å². The summed E-state index contributed by atoms with van der Waals surface area (Å²) in [5, 5.41) is 3.84. The summed E-state index contributed by atoms with van der Waals surface area (Å²) >= 11 is 1.53. The van der Waals surface area contributed by atoms with Crippen LogP contribution in [0.15, 0.2) is 67.2 Å². The Morgan fingerprint density at radius 1 is 1.06 bits per heavy atom. The number of halogens is 1. The molecule has 1 aliphatic rings. The van der Waals surface area contributed by atoms with Crippen LogP contribution in [0.5, 0.6) is 0 Å².